The predicted molar refractivity (Wildman–Crippen MR) is 97.5 cm³/mol. The van der Waals surface area contributed by atoms with E-state index in [0.29, 0.717) is 29.8 Å². The molecule has 4 rings (SSSR count). The van der Waals surface area contributed by atoms with Crippen LogP contribution in [0.1, 0.15) is 51.4 Å². The molecule has 4 aliphatic rings. The zero-order chi connectivity index (χ0) is 14.2. The molecule has 6 heteroatoms. The molecule has 4 nitrogen and oxygen atoms in total. The molecule has 4 fully saturated rings. The second kappa shape index (κ2) is 8.37. The highest BCUT2D eigenvalue weighted by Gasteiger charge is 2.35. The third kappa shape index (κ3) is 4.97. The highest BCUT2D eigenvalue weighted by molar-refractivity contribution is 5.85. The number of carbonyl (C=O) groups is 1. The highest BCUT2D eigenvalue weighted by atomic mass is 35.5. The number of halogens is 2. The van der Waals surface area contributed by atoms with E-state index in [1.54, 1.807) is 0 Å². The number of carbonyl (C=O) groups excluding carboxylic acids is 1. The molecule has 1 aliphatic carbocycles. The Bertz CT molecular complexity index is 393. The quantitative estimate of drug-likeness (QED) is 0.787. The predicted octanol–water partition coefficient (Wildman–Crippen LogP) is 2.35. The first kappa shape index (κ1) is 19.3. The molecule has 0 aromatic rings. The Morgan fingerprint density at radius 2 is 1.70 bits per heavy atom. The number of fused-ring (bicyclic) bond motifs is 2. The molecule has 0 aromatic carbocycles. The molecule has 3 saturated heterocycles. The lowest BCUT2D eigenvalue weighted by Crippen LogP contribution is -2.40. The van der Waals surface area contributed by atoms with Gasteiger partial charge >= 0.3 is 0 Å². The minimum atomic E-state index is 0. The fraction of sp³-hybridized carbons (Fsp3) is 0.941. The third-order valence-corrected chi connectivity index (χ3v) is 6.01. The topological polar surface area (TPSA) is 44.4 Å². The molecule has 1 amide bonds. The molecule has 0 aromatic heterocycles. The van der Waals surface area contributed by atoms with Crippen LogP contribution in [0.5, 0.6) is 0 Å². The van der Waals surface area contributed by atoms with Gasteiger partial charge in [0.15, 0.2) is 0 Å². The van der Waals surface area contributed by atoms with E-state index in [-0.39, 0.29) is 24.8 Å². The van der Waals surface area contributed by atoms with Crippen LogP contribution in [-0.2, 0) is 4.79 Å². The fourth-order valence-electron chi connectivity index (χ4n) is 4.73. The summed E-state index contributed by atoms with van der Waals surface area (Å²) >= 11 is 0. The minimum Gasteiger partial charge on any atom is -0.356 e. The van der Waals surface area contributed by atoms with Crippen molar-refractivity contribution in [1.29, 1.82) is 0 Å². The summed E-state index contributed by atoms with van der Waals surface area (Å²) in [5.74, 6) is 1.61. The van der Waals surface area contributed by atoms with Gasteiger partial charge < -0.3 is 15.5 Å². The zero-order valence-electron chi connectivity index (χ0n) is 13.8. The monoisotopic (exact) mass is 363 g/mol. The van der Waals surface area contributed by atoms with Gasteiger partial charge in [-0.25, -0.2) is 0 Å². The Labute approximate surface area is 152 Å². The van der Waals surface area contributed by atoms with E-state index >= 15 is 0 Å². The largest absolute Gasteiger partial charge is 0.356 e. The minimum absolute atomic E-state index is 0. The molecular formula is C17H31Cl2N3O. The van der Waals surface area contributed by atoms with Crippen LogP contribution in [0.3, 0.4) is 0 Å². The average Bonchev–Trinajstić information content (AvgIpc) is 3.12. The Kier molecular flexibility index (Phi) is 7.02. The van der Waals surface area contributed by atoms with Crippen molar-refractivity contribution in [3.8, 4) is 0 Å². The van der Waals surface area contributed by atoms with Crippen LogP contribution in [0.25, 0.3) is 0 Å². The van der Waals surface area contributed by atoms with Gasteiger partial charge in [0.2, 0.25) is 5.91 Å². The second-order valence-electron chi connectivity index (χ2n) is 7.86. The first-order valence-electron chi connectivity index (χ1n) is 9.03. The van der Waals surface area contributed by atoms with Gasteiger partial charge in [-0.1, -0.05) is 0 Å². The molecule has 3 aliphatic heterocycles. The Morgan fingerprint density at radius 3 is 2.35 bits per heavy atom. The molecular weight excluding hydrogens is 333 g/mol. The average molecular weight is 364 g/mol. The molecule has 2 bridgehead atoms. The number of nitrogens with zero attached hydrogens (tertiary/aromatic N) is 1. The van der Waals surface area contributed by atoms with Gasteiger partial charge in [0, 0.05) is 37.6 Å². The maximum absolute atomic E-state index is 12.2. The number of hydrogen-bond acceptors (Lipinski definition) is 3. The van der Waals surface area contributed by atoms with Crippen molar-refractivity contribution >= 4 is 30.7 Å². The van der Waals surface area contributed by atoms with Gasteiger partial charge in [-0.3, -0.25) is 4.79 Å². The summed E-state index contributed by atoms with van der Waals surface area (Å²) in [4.78, 5) is 14.8. The third-order valence-electron chi connectivity index (χ3n) is 6.01. The molecule has 1 saturated carbocycles. The van der Waals surface area contributed by atoms with Crippen LogP contribution < -0.4 is 10.6 Å². The number of hydrogen-bond donors (Lipinski definition) is 2. The number of likely N-dealkylation sites (tertiary alicyclic amines) is 1. The van der Waals surface area contributed by atoms with Gasteiger partial charge in [0.25, 0.3) is 0 Å². The summed E-state index contributed by atoms with van der Waals surface area (Å²) in [5.41, 5.74) is 0. The van der Waals surface area contributed by atoms with Crippen LogP contribution in [0.2, 0.25) is 0 Å². The normalized spacial score (nSPS) is 36.2. The molecule has 0 radical (unpaired) electrons. The molecule has 2 N–H and O–H groups in total. The van der Waals surface area contributed by atoms with E-state index < -0.39 is 0 Å². The standard InChI is InChI=1S/C17H29N3O.2ClH/c21-17(9-13-7-14-1-2-15(8-13)19-14)18-10-12-5-6-20(11-12)16-3-4-16;;/h12-16,19H,1-11H2,(H,18,21);2*1H. The van der Waals surface area contributed by atoms with Gasteiger partial charge in [0.05, 0.1) is 0 Å². The molecule has 3 heterocycles. The smallest absolute Gasteiger partial charge is 0.220 e. The number of rotatable bonds is 5. The van der Waals surface area contributed by atoms with Gasteiger partial charge in [-0.2, -0.15) is 0 Å². The van der Waals surface area contributed by atoms with Crippen molar-refractivity contribution in [2.24, 2.45) is 11.8 Å². The van der Waals surface area contributed by atoms with Gasteiger partial charge in [-0.05, 0) is 63.3 Å². The van der Waals surface area contributed by atoms with Crippen molar-refractivity contribution in [2.75, 3.05) is 19.6 Å². The molecule has 134 valence electrons. The second-order valence-corrected chi connectivity index (χ2v) is 7.86. The Morgan fingerprint density at radius 1 is 1.00 bits per heavy atom. The van der Waals surface area contributed by atoms with Crippen molar-refractivity contribution in [3.05, 3.63) is 0 Å². The zero-order valence-corrected chi connectivity index (χ0v) is 15.5. The molecule has 23 heavy (non-hydrogen) atoms. The van der Waals surface area contributed by atoms with Gasteiger partial charge in [-0.15, -0.1) is 24.8 Å². The first-order valence-corrected chi connectivity index (χ1v) is 9.03. The summed E-state index contributed by atoms with van der Waals surface area (Å²) < 4.78 is 0. The summed E-state index contributed by atoms with van der Waals surface area (Å²) in [7, 11) is 0. The summed E-state index contributed by atoms with van der Waals surface area (Å²) in [5, 5.41) is 6.87. The summed E-state index contributed by atoms with van der Waals surface area (Å²) in [6.07, 6.45) is 9.89. The number of amides is 1. The van der Waals surface area contributed by atoms with Crippen molar-refractivity contribution < 1.29 is 4.79 Å². The van der Waals surface area contributed by atoms with Crippen molar-refractivity contribution in [2.45, 2.75) is 69.5 Å². The van der Waals surface area contributed by atoms with Crippen LogP contribution >= 0.6 is 24.8 Å². The van der Waals surface area contributed by atoms with Crippen molar-refractivity contribution in [3.63, 3.8) is 0 Å². The van der Waals surface area contributed by atoms with Crippen LogP contribution in [-0.4, -0.2) is 48.6 Å². The van der Waals surface area contributed by atoms with E-state index in [1.807, 2.05) is 0 Å². The van der Waals surface area contributed by atoms with Crippen LogP contribution in [0, 0.1) is 11.8 Å². The summed E-state index contributed by atoms with van der Waals surface area (Å²) in [6.45, 7) is 3.37. The fourth-order valence-corrected chi connectivity index (χ4v) is 4.73. The van der Waals surface area contributed by atoms with E-state index in [2.05, 4.69) is 15.5 Å². The molecule has 3 unspecified atom stereocenters. The molecule has 0 spiro atoms. The van der Waals surface area contributed by atoms with Crippen LogP contribution in [0.15, 0.2) is 0 Å². The lowest BCUT2D eigenvalue weighted by atomic mass is 9.89. The lowest BCUT2D eigenvalue weighted by Gasteiger charge is -2.28. The maximum Gasteiger partial charge on any atom is 0.220 e. The Balaban J connectivity index is 0.000000960. The number of piperidine rings is 1. The van der Waals surface area contributed by atoms with Gasteiger partial charge in [0.1, 0.15) is 0 Å². The highest BCUT2D eigenvalue weighted by Crippen LogP contribution is 2.33. The first-order chi connectivity index (χ1) is 10.3. The Hall–Kier alpha value is -0.0300. The van der Waals surface area contributed by atoms with Crippen molar-refractivity contribution in [1.82, 2.24) is 15.5 Å². The SMILES string of the molecule is Cl.Cl.O=C(CC1CC2CCC(C1)N2)NCC1CCN(C2CC2)C1. The number of nitrogens with one attached hydrogen (secondary N) is 2. The molecule has 3 atom stereocenters. The lowest BCUT2D eigenvalue weighted by molar-refractivity contribution is -0.122. The summed E-state index contributed by atoms with van der Waals surface area (Å²) in [6, 6.07) is 2.28. The van der Waals surface area contributed by atoms with Crippen LogP contribution in [0.4, 0.5) is 0 Å². The van der Waals surface area contributed by atoms with E-state index in [4.69, 9.17) is 0 Å². The van der Waals surface area contributed by atoms with E-state index in [0.717, 1.165) is 19.0 Å². The van der Waals surface area contributed by atoms with E-state index in [9.17, 15) is 4.79 Å². The maximum atomic E-state index is 12.2. The van der Waals surface area contributed by atoms with E-state index in [1.165, 1.54) is 58.0 Å².